The number of rotatable bonds is 3. The fraction of sp³-hybridized carbons (Fsp3) is 0.333. The van der Waals surface area contributed by atoms with Crippen LogP contribution in [0.15, 0.2) is 18.2 Å². The Hall–Kier alpha value is -1.88. The molecule has 0 saturated heterocycles. The molecule has 2 aromatic rings. The van der Waals surface area contributed by atoms with Gasteiger partial charge in [-0.2, -0.15) is 5.10 Å². The third-order valence-electron chi connectivity index (χ3n) is 3.79. The summed E-state index contributed by atoms with van der Waals surface area (Å²) in [6.07, 6.45) is 3.12. The fourth-order valence-electron chi connectivity index (χ4n) is 2.74. The first kappa shape index (κ1) is 14.1. The number of carbonyl (C=O) groups excluding carboxylic acids is 1. The van der Waals surface area contributed by atoms with Crippen LogP contribution in [0.1, 0.15) is 33.7 Å². The molecule has 4 nitrogen and oxygen atoms in total. The van der Waals surface area contributed by atoms with Crippen molar-refractivity contribution in [1.29, 1.82) is 0 Å². The summed E-state index contributed by atoms with van der Waals surface area (Å²) in [5, 5.41) is 7.40. The topological polar surface area (TPSA) is 46.9 Å². The SMILES string of the molecule is Cn1nc2c(c1CNC(=O)c1ccc(F)cc1Cl)CCC2. The molecule has 1 aromatic heterocycles. The number of amides is 1. The average Bonchev–Trinajstić information content (AvgIpc) is 2.97. The molecule has 0 saturated carbocycles. The lowest BCUT2D eigenvalue weighted by molar-refractivity contribution is 0.0950. The average molecular weight is 308 g/mol. The van der Waals surface area contributed by atoms with E-state index in [1.165, 1.54) is 17.7 Å². The molecule has 0 bridgehead atoms. The summed E-state index contributed by atoms with van der Waals surface area (Å²) in [6.45, 7) is 0.394. The van der Waals surface area contributed by atoms with Crippen LogP contribution in [0.25, 0.3) is 0 Å². The molecule has 1 aliphatic rings. The second kappa shape index (κ2) is 5.48. The quantitative estimate of drug-likeness (QED) is 0.947. The van der Waals surface area contributed by atoms with Crippen LogP contribution in [-0.4, -0.2) is 15.7 Å². The number of nitrogens with one attached hydrogen (secondary N) is 1. The van der Waals surface area contributed by atoms with E-state index >= 15 is 0 Å². The third kappa shape index (κ3) is 2.65. The van der Waals surface area contributed by atoms with Crippen LogP contribution in [-0.2, 0) is 26.4 Å². The smallest absolute Gasteiger partial charge is 0.253 e. The molecule has 0 atom stereocenters. The molecule has 0 unspecified atom stereocenters. The minimum atomic E-state index is -0.457. The zero-order chi connectivity index (χ0) is 15.0. The van der Waals surface area contributed by atoms with E-state index in [0.717, 1.165) is 36.7 Å². The Kier molecular flexibility index (Phi) is 3.68. The van der Waals surface area contributed by atoms with E-state index in [-0.39, 0.29) is 16.5 Å². The van der Waals surface area contributed by atoms with Gasteiger partial charge in [0.05, 0.1) is 28.5 Å². The van der Waals surface area contributed by atoms with Crippen molar-refractivity contribution in [3.05, 3.63) is 51.6 Å². The molecule has 0 fully saturated rings. The molecule has 0 spiro atoms. The molecule has 21 heavy (non-hydrogen) atoms. The van der Waals surface area contributed by atoms with E-state index in [0.29, 0.717) is 6.54 Å². The summed E-state index contributed by atoms with van der Waals surface area (Å²) < 4.78 is 14.8. The maximum Gasteiger partial charge on any atom is 0.253 e. The van der Waals surface area contributed by atoms with Crippen LogP contribution in [0.2, 0.25) is 5.02 Å². The van der Waals surface area contributed by atoms with Crippen LogP contribution in [0, 0.1) is 5.82 Å². The zero-order valence-corrected chi connectivity index (χ0v) is 12.4. The highest BCUT2D eigenvalue weighted by Crippen LogP contribution is 2.24. The highest BCUT2D eigenvalue weighted by Gasteiger charge is 2.21. The van der Waals surface area contributed by atoms with Crippen molar-refractivity contribution in [3.8, 4) is 0 Å². The van der Waals surface area contributed by atoms with Gasteiger partial charge in [0.1, 0.15) is 5.82 Å². The first-order valence-electron chi connectivity index (χ1n) is 6.83. The monoisotopic (exact) mass is 307 g/mol. The number of hydrogen-bond acceptors (Lipinski definition) is 2. The van der Waals surface area contributed by atoms with Crippen LogP contribution in [0.4, 0.5) is 4.39 Å². The molecule has 110 valence electrons. The van der Waals surface area contributed by atoms with Gasteiger partial charge in [0, 0.05) is 7.05 Å². The van der Waals surface area contributed by atoms with Gasteiger partial charge in [-0.15, -0.1) is 0 Å². The van der Waals surface area contributed by atoms with Crippen molar-refractivity contribution in [2.75, 3.05) is 0 Å². The molecule has 0 aliphatic heterocycles. The van der Waals surface area contributed by atoms with Crippen LogP contribution < -0.4 is 5.32 Å². The van der Waals surface area contributed by atoms with Crippen molar-refractivity contribution in [3.63, 3.8) is 0 Å². The summed E-state index contributed by atoms with van der Waals surface area (Å²) in [7, 11) is 1.88. The minimum Gasteiger partial charge on any atom is -0.346 e. The summed E-state index contributed by atoms with van der Waals surface area (Å²) in [4.78, 5) is 12.1. The predicted octanol–water partition coefficient (Wildman–Crippen LogP) is 2.63. The van der Waals surface area contributed by atoms with Crippen molar-refractivity contribution < 1.29 is 9.18 Å². The molecule has 1 amide bonds. The van der Waals surface area contributed by atoms with Crippen molar-refractivity contribution in [1.82, 2.24) is 15.1 Å². The van der Waals surface area contributed by atoms with Gasteiger partial charge >= 0.3 is 0 Å². The van der Waals surface area contributed by atoms with E-state index in [1.54, 1.807) is 0 Å². The van der Waals surface area contributed by atoms with Crippen LogP contribution in [0.3, 0.4) is 0 Å². The van der Waals surface area contributed by atoms with Gasteiger partial charge in [-0.05, 0) is 43.0 Å². The Bertz CT molecular complexity index is 711. The van der Waals surface area contributed by atoms with Crippen molar-refractivity contribution in [2.24, 2.45) is 7.05 Å². The lowest BCUT2D eigenvalue weighted by atomic mass is 10.1. The molecule has 1 aromatic carbocycles. The van der Waals surface area contributed by atoms with Gasteiger partial charge in [-0.25, -0.2) is 4.39 Å². The van der Waals surface area contributed by atoms with E-state index < -0.39 is 5.82 Å². The van der Waals surface area contributed by atoms with Gasteiger partial charge in [0.25, 0.3) is 5.91 Å². The van der Waals surface area contributed by atoms with Gasteiger partial charge in [0.15, 0.2) is 0 Å². The minimum absolute atomic E-state index is 0.114. The van der Waals surface area contributed by atoms with Crippen LogP contribution >= 0.6 is 11.6 Å². The molecular weight excluding hydrogens is 293 g/mol. The number of aryl methyl sites for hydroxylation is 2. The summed E-state index contributed by atoms with van der Waals surface area (Å²) in [6, 6.07) is 3.75. The molecule has 0 radical (unpaired) electrons. The highest BCUT2D eigenvalue weighted by molar-refractivity contribution is 6.33. The molecule has 1 heterocycles. The number of fused-ring (bicyclic) bond motifs is 1. The molecule has 1 aliphatic carbocycles. The molecular formula is C15H15ClFN3O. The van der Waals surface area contributed by atoms with Crippen LogP contribution in [0.5, 0.6) is 0 Å². The molecule has 1 N–H and O–H groups in total. The number of hydrogen-bond donors (Lipinski definition) is 1. The second-order valence-corrected chi connectivity index (χ2v) is 5.56. The summed E-state index contributed by atoms with van der Waals surface area (Å²) in [5.41, 5.74) is 3.66. The number of benzene rings is 1. The highest BCUT2D eigenvalue weighted by atomic mass is 35.5. The van der Waals surface area contributed by atoms with E-state index in [1.807, 2.05) is 11.7 Å². The Morgan fingerprint density at radius 1 is 1.48 bits per heavy atom. The lowest BCUT2D eigenvalue weighted by Crippen LogP contribution is -2.25. The largest absolute Gasteiger partial charge is 0.346 e. The third-order valence-corrected chi connectivity index (χ3v) is 4.10. The Labute approximate surface area is 126 Å². The standard InChI is InChI=1S/C15H15ClFN3O/c1-20-14(11-3-2-4-13(11)19-20)8-18-15(21)10-6-5-9(17)7-12(10)16/h5-7H,2-4,8H2,1H3,(H,18,21). The van der Waals surface area contributed by atoms with Gasteiger partial charge in [0.2, 0.25) is 0 Å². The number of carbonyl (C=O) groups is 1. The first-order valence-corrected chi connectivity index (χ1v) is 7.21. The maximum absolute atomic E-state index is 13.0. The zero-order valence-electron chi connectivity index (χ0n) is 11.6. The Morgan fingerprint density at radius 3 is 3.05 bits per heavy atom. The fourth-order valence-corrected chi connectivity index (χ4v) is 2.99. The molecule has 6 heteroatoms. The van der Waals surface area contributed by atoms with Crippen molar-refractivity contribution >= 4 is 17.5 Å². The number of aromatic nitrogens is 2. The van der Waals surface area contributed by atoms with Gasteiger partial charge in [-0.1, -0.05) is 11.6 Å². The first-order chi connectivity index (χ1) is 10.1. The normalized spacial score (nSPS) is 13.3. The summed E-state index contributed by atoms with van der Waals surface area (Å²) >= 11 is 5.89. The summed E-state index contributed by atoms with van der Waals surface area (Å²) in [5.74, 6) is -0.769. The van der Waals surface area contributed by atoms with E-state index in [9.17, 15) is 9.18 Å². The lowest BCUT2D eigenvalue weighted by Gasteiger charge is -2.08. The number of nitrogens with zero attached hydrogens (tertiary/aromatic N) is 2. The van der Waals surface area contributed by atoms with Gasteiger partial charge in [-0.3, -0.25) is 9.48 Å². The van der Waals surface area contributed by atoms with Crippen molar-refractivity contribution in [2.45, 2.75) is 25.8 Å². The molecule has 3 rings (SSSR count). The van der Waals surface area contributed by atoms with Gasteiger partial charge < -0.3 is 5.32 Å². The second-order valence-electron chi connectivity index (χ2n) is 5.16. The Balaban J connectivity index is 1.74. The maximum atomic E-state index is 13.0. The Morgan fingerprint density at radius 2 is 2.29 bits per heavy atom. The van der Waals surface area contributed by atoms with E-state index in [4.69, 9.17) is 11.6 Å². The number of halogens is 2. The van der Waals surface area contributed by atoms with E-state index in [2.05, 4.69) is 10.4 Å². The predicted molar refractivity (Wildman–Crippen MR) is 77.8 cm³/mol.